The summed E-state index contributed by atoms with van der Waals surface area (Å²) in [5, 5.41) is -0.531. The van der Waals surface area contributed by atoms with Gasteiger partial charge in [-0.2, -0.15) is 18.2 Å². The number of aromatic nitrogens is 3. The molecule has 0 aliphatic rings. The van der Waals surface area contributed by atoms with E-state index in [4.69, 9.17) is 16.3 Å². The van der Waals surface area contributed by atoms with E-state index in [2.05, 4.69) is 9.97 Å². The topological polar surface area (TPSA) is 57.0 Å². The molecule has 2 heterocycles. The van der Waals surface area contributed by atoms with Gasteiger partial charge in [0.1, 0.15) is 5.82 Å². The van der Waals surface area contributed by atoms with E-state index in [-0.39, 0.29) is 23.7 Å². The van der Waals surface area contributed by atoms with E-state index in [9.17, 15) is 18.0 Å². The fourth-order valence-electron chi connectivity index (χ4n) is 2.54. The van der Waals surface area contributed by atoms with Crippen LogP contribution in [-0.4, -0.2) is 21.6 Å². The molecule has 2 aromatic heterocycles. The number of ether oxygens (including phenoxy) is 1. The van der Waals surface area contributed by atoms with E-state index in [1.165, 1.54) is 30.0 Å². The predicted molar refractivity (Wildman–Crippen MR) is 93.8 cm³/mol. The molecular weight excluding hydrogens is 383 g/mol. The first-order valence-electron chi connectivity index (χ1n) is 7.72. The van der Waals surface area contributed by atoms with E-state index >= 15 is 0 Å². The van der Waals surface area contributed by atoms with E-state index < -0.39 is 22.3 Å². The van der Waals surface area contributed by atoms with Gasteiger partial charge in [0.05, 0.1) is 36.1 Å². The Morgan fingerprint density at radius 1 is 1.19 bits per heavy atom. The SMILES string of the molecule is COc1cn(Cc2ccccn2)c(-c2cccc(C(F)(F)F)c2Cl)nc1=O. The Kier molecular flexibility index (Phi) is 5.18. The smallest absolute Gasteiger partial charge is 0.417 e. The van der Waals surface area contributed by atoms with Crippen molar-refractivity contribution < 1.29 is 17.9 Å². The highest BCUT2D eigenvalue weighted by molar-refractivity contribution is 6.34. The van der Waals surface area contributed by atoms with Crippen molar-refractivity contribution in [3.8, 4) is 17.1 Å². The van der Waals surface area contributed by atoms with Gasteiger partial charge in [-0.25, -0.2) is 0 Å². The normalized spacial score (nSPS) is 11.4. The van der Waals surface area contributed by atoms with Gasteiger partial charge in [0.15, 0.2) is 0 Å². The van der Waals surface area contributed by atoms with Crippen molar-refractivity contribution in [3.05, 3.63) is 75.4 Å². The van der Waals surface area contributed by atoms with Crippen molar-refractivity contribution in [2.75, 3.05) is 7.11 Å². The molecule has 0 spiro atoms. The third-order valence-electron chi connectivity index (χ3n) is 3.79. The largest absolute Gasteiger partial charge is 0.490 e. The fraction of sp³-hybridized carbons (Fsp3) is 0.167. The molecule has 3 rings (SSSR count). The molecule has 0 N–H and O–H groups in total. The van der Waals surface area contributed by atoms with Crippen molar-refractivity contribution >= 4 is 11.6 Å². The summed E-state index contributed by atoms with van der Waals surface area (Å²) in [6, 6.07) is 8.70. The molecule has 9 heteroatoms. The molecule has 0 aliphatic heterocycles. The van der Waals surface area contributed by atoms with Crippen LogP contribution in [0.3, 0.4) is 0 Å². The third kappa shape index (κ3) is 3.95. The summed E-state index contributed by atoms with van der Waals surface area (Å²) >= 11 is 6.01. The number of methoxy groups -OCH3 is 1. The Labute approximate surface area is 157 Å². The zero-order chi connectivity index (χ0) is 19.6. The first kappa shape index (κ1) is 18.9. The Bertz CT molecular complexity index is 1020. The molecule has 0 bridgehead atoms. The summed E-state index contributed by atoms with van der Waals surface area (Å²) in [5.41, 5.74) is -1.11. The van der Waals surface area contributed by atoms with Crippen LogP contribution < -0.4 is 10.3 Å². The summed E-state index contributed by atoms with van der Waals surface area (Å²) in [6.07, 6.45) is -1.68. The van der Waals surface area contributed by atoms with E-state index in [0.717, 1.165) is 6.07 Å². The van der Waals surface area contributed by atoms with Gasteiger partial charge in [-0.05, 0) is 24.3 Å². The third-order valence-corrected chi connectivity index (χ3v) is 4.19. The summed E-state index contributed by atoms with van der Waals surface area (Å²) in [4.78, 5) is 20.2. The van der Waals surface area contributed by atoms with Gasteiger partial charge < -0.3 is 9.30 Å². The van der Waals surface area contributed by atoms with Gasteiger partial charge in [0, 0.05) is 11.8 Å². The Morgan fingerprint density at radius 2 is 1.96 bits per heavy atom. The van der Waals surface area contributed by atoms with Crippen molar-refractivity contribution in [1.82, 2.24) is 14.5 Å². The number of alkyl halides is 3. The van der Waals surface area contributed by atoms with Crippen molar-refractivity contribution in [1.29, 1.82) is 0 Å². The molecule has 0 fully saturated rings. The molecule has 0 saturated heterocycles. The molecule has 5 nitrogen and oxygen atoms in total. The van der Waals surface area contributed by atoms with E-state index in [1.807, 2.05) is 0 Å². The van der Waals surface area contributed by atoms with Gasteiger partial charge in [-0.15, -0.1) is 0 Å². The molecule has 1 aromatic carbocycles. The highest BCUT2D eigenvalue weighted by atomic mass is 35.5. The zero-order valence-corrected chi connectivity index (χ0v) is 14.8. The van der Waals surface area contributed by atoms with Gasteiger partial charge in [-0.1, -0.05) is 23.7 Å². The molecule has 0 unspecified atom stereocenters. The van der Waals surface area contributed by atoms with Crippen LogP contribution in [0.1, 0.15) is 11.3 Å². The number of benzene rings is 1. The fourth-order valence-corrected chi connectivity index (χ4v) is 2.86. The first-order chi connectivity index (χ1) is 12.8. The van der Waals surface area contributed by atoms with E-state index in [1.54, 1.807) is 24.4 Å². The lowest BCUT2D eigenvalue weighted by Gasteiger charge is -2.16. The second-order valence-corrected chi connectivity index (χ2v) is 5.93. The number of rotatable bonds is 4. The van der Waals surface area contributed by atoms with E-state index in [0.29, 0.717) is 5.69 Å². The van der Waals surface area contributed by atoms with Gasteiger partial charge >= 0.3 is 11.7 Å². The molecule has 0 radical (unpaired) electrons. The Balaban J connectivity index is 2.21. The maximum absolute atomic E-state index is 13.2. The molecule has 140 valence electrons. The average molecular weight is 396 g/mol. The van der Waals surface area contributed by atoms with Gasteiger partial charge in [-0.3, -0.25) is 9.78 Å². The number of pyridine rings is 1. The van der Waals surface area contributed by atoms with Crippen molar-refractivity contribution in [2.45, 2.75) is 12.7 Å². The minimum Gasteiger partial charge on any atom is -0.490 e. The van der Waals surface area contributed by atoms with Crippen LogP contribution in [0, 0.1) is 0 Å². The Hall–Kier alpha value is -2.87. The van der Waals surface area contributed by atoms with Crippen LogP contribution in [0.25, 0.3) is 11.4 Å². The summed E-state index contributed by atoms with van der Waals surface area (Å²) in [7, 11) is 1.31. The Morgan fingerprint density at radius 3 is 2.59 bits per heavy atom. The molecule has 3 aromatic rings. The lowest BCUT2D eigenvalue weighted by atomic mass is 10.1. The maximum Gasteiger partial charge on any atom is 0.417 e. The molecule has 0 saturated carbocycles. The highest BCUT2D eigenvalue weighted by Crippen LogP contribution is 2.39. The van der Waals surface area contributed by atoms with Crippen molar-refractivity contribution in [2.24, 2.45) is 0 Å². The lowest BCUT2D eigenvalue weighted by molar-refractivity contribution is -0.137. The van der Waals surface area contributed by atoms with Crippen molar-refractivity contribution in [3.63, 3.8) is 0 Å². The number of nitrogens with zero attached hydrogens (tertiary/aromatic N) is 3. The van der Waals surface area contributed by atoms with Crippen LogP contribution in [0.15, 0.2) is 53.6 Å². The lowest BCUT2D eigenvalue weighted by Crippen LogP contribution is -2.18. The average Bonchev–Trinajstić information content (AvgIpc) is 2.63. The summed E-state index contributed by atoms with van der Waals surface area (Å²) in [5.74, 6) is -0.0552. The molecular formula is C18H13ClF3N3O2. The van der Waals surface area contributed by atoms with Crippen LogP contribution in [0.5, 0.6) is 5.75 Å². The predicted octanol–water partition coefficient (Wildman–Crippen LogP) is 4.03. The summed E-state index contributed by atoms with van der Waals surface area (Å²) < 4.78 is 46.0. The van der Waals surface area contributed by atoms with Gasteiger partial charge in [0.25, 0.3) is 0 Å². The molecule has 0 aliphatic carbocycles. The first-order valence-corrected chi connectivity index (χ1v) is 8.10. The zero-order valence-electron chi connectivity index (χ0n) is 14.0. The van der Waals surface area contributed by atoms with Crippen LogP contribution in [0.4, 0.5) is 13.2 Å². The second-order valence-electron chi connectivity index (χ2n) is 5.55. The quantitative estimate of drug-likeness (QED) is 0.669. The van der Waals surface area contributed by atoms with Gasteiger partial charge in [0.2, 0.25) is 5.75 Å². The maximum atomic E-state index is 13.2. The number of hydrogen-bond donors (Lipinski definition) is 0. The minimum atomic E-state index is -4.63. The molecule has 0 amide bonds. The minimum absolute atomic E-state index is 0.0115. The van der Waals surface area contributed by atoms with Crippen LogP contribution in [0.2, 0.25) is 5.02 Å². The highest BCUT2D eigenvalue weighted by Gasteiger charge is 2.34. The number of halogens is 4. The monoisotopic (exact) mass is 395 g/mol. The second kappa shape index (κ2) is 7.40. The van der Waals surface area contributed by atoms with Crippen LogP contribution >= 0.6 is 11.6 Å². The summed E-state index contributed by atoms with van der Waals surface area (Å²) in [6.45, 7) is 0.159. The molecule has 27 heavy (non-hydrogen) atoms. The standard InChI is InChI=1S/C18H13ClF3N3O2/c1-27-14-10-25(9-11-5-2-3-8-23-11)16(24-17(14)26)12-6-4-7-13(15(12)19)18(20,21)22/h2-8,10H,9H2,1H3. The van der Waals surface area contributed by atoms with Crippen LogP contribution in [-0.2, 0) is 12.7 Å². The number of hydrogen-bond acceptors (Lipinski definition) is 4. The molecule has 0 atom stereocenters.